The van der Waals surface area contributed by atoms with Crippen LogP contribution in [0, 0.1) is 11.8 Å². The second kappa shape index (κ2) is 14.1. The molecule has 1 aliphatic carbocycles. The van der Waals surface area contributed by atoms with Gasteiger partial charge in [0.05, 0.1) is 25.8 Å². The molecule has 0 aliphatic heterocycles. The van der Waals surface area contributed by atoms with Gasteiger partial charge in [-0.05, 0) is 48.3 Å². The van der Waals surface area contributed by atoms with E-state index in [-0.39, 0.29) is 11.6 Å². The first kappa shape index (κ1) is 31.2. The lowest BCUT2D eigenvalue weighted by atomic mass is 9.81. The Morgan fingerprint density at radius 1 is 0.690 bits per heavy atom. The minimum Gasteiger partial charge on any atom is -0.297 e. The highest BCUT2D eigenvalue weighted by Crippen LogP contribution is 2.51. The number of hydrogen-bond donors (Lipinski definition) is 0. The van der Waals surface area contributed by atoms with E-state index in [1.54, 1.807) is 28.7 Å². The van der Waals surface area contributed by atoms with Gasteiger partial charge in [0.15, 0.2) is 17.9 Å². The van der Waals surface area contributed by atoms with E-state index in [1.165, 1.54) is 35.5 Å². The number of rotatable bonds is 15. The van der Waals surface area contributed by atoms with E-state index in [2.05, 4.69) is 27.7 Å². The number of carbonyl (C=O) groups is 3. The number of unbranched alkanes of at least 4 members (excludes halogenated alkanes) is 2. The van der Waals surface area contributed by atoms with Crippen LogP contribution in [-0.2, 0) is 12.8 Å². The maximum Gasteiger partial charge on any atom is 0.197 e. The highest BCUT2D eigenvalue weighted by molar-refractivity contribution is 7.27. The summed E-state index contributed by atoms with van der Waals surface area (Å²) >= 11 is 6.26. The molecule has 4 aromatic heterocycles. The highest BCUT2D eigenvalue weighted by atomic mass is 32.1. The fourth-order valence-electron chi connectivity index (χ4n) is 6.12. The lowest BCUT2D eigenvalue weighted by Crippen LogP contribution is -2.22. The van der Waals surface area contributed by atoms with Crippen LogP contribution in [-0.4, -0.2) is 17.9 Å². The largest absolute Gasteiger partial charge is 0.297 e. The number of hydrogen-bond acceptors (Lipinski definition) is 7. The molecule has 0 aromatic carbocycles. The zero-order valence-electron chi connectivity index (χ0n) is 25.0. The zero-order chi connectivity index (χ0) is 29.8. The molecule has 42 heavy (non-hydrogen) atoms. The van der Waals surface area contributed by atoms with Crippen molar-refractivity contribution >= 4 is 63.2 Å². The van der Waals surface area contributed by atoms with E-state index in [0.717, 1.165) is 86.9 Å². The number of carbonyl (C=O) groups excluding carboxylic acids is 3. The Balaban J connectivity index is 1.69. The molecule has 0 spiro atoms. The molecule has 7 heteroatoms. The second-order valence-corrected chi connectivity index (χ2v) is 15.7. The van der Waals surface area contributed by atoms with E-state index in [4.69, 9.17) is 0 Å². The molecule has 0 fully saturated rings. The van der Waals surface area contributed by atoms with Gasteiger partial charge < -0.3 is 0 Å². The normalized spacial score (nSPS) is 14.2. The molecule has 0 saturated carbocycles. The second-order valence-electron chi connectivity index (χ2n) is 11.4. The van der Waals surface area contributed by atoms with Gasteiger partial charge in [0, 0.05) is 30.6 Å². The molecular weight excluding hydrogens is 597 g/mol. The van der Waals surface area contributed by atoms with Crippen LogP contribution in [0.5, 0.6) is 0 Å². The van der Waals surface area contributed by atoms with Gasteiger partial charge in [-0.2, -0.15) is 0 Å². The Morgan fingerprint density at radius 3 is 1.71 bits per heavy atom. The first-order chi connectivity index (χ1) is 20.4. The average Bonchev–Trinajstić information content (AvgIpc) is 3.81. The van der Waals surface area contributed by atoms with E-state index in [1.807, 2.05) is 23.6 Å². The summed E-state index contributed by atoms with van der Waals surface area (Å²) in [4.78, 5) is 47.5. The van der Waals surface area contributed by atoms with E-state index < -0.39 is 0 Å². The maximum atomic E-state index is 14.8. The molecule has 4 aromatic rings. The molecule has 3 nitrogen and oxygen atoms in total. The minimum absolute atomic E-state index is 0.000777. The quantitative estimate of drug-likeness (QED) is 0.107. The summed E-state index contributed by atoms with van der Waals surface area (Å²) in [6.07, 6.45) is 11.7. The Morgan fingerprint density at radius 2 is 1.26 bits per heavy atom. The van der Waals surface area contributed by atoms with Gasteiger partial charge >= 0.3 is 0 Å². The number of aldehydes is 1. The summed E-state index contributed by atoms with van der Waals surface area (Å²) in [5.74, 6) is 1.03. The van der Waals surface area contributed by atoms with Crippen LogP contribution < -0.4 is 0 Å². The number of thiophene rings is 4. The van der Waals surface area contributed by atoms with Crippen molar-refractivity contribution in [2.45, 2.75) is 91.9 Å². The fourth-order valence-corrected chi connectivity index (χ4v) is 10.7. The van der Waals surface area contributed by atoms with Crippen molar-refractivity contribution < 1.29 is 14.4 Å². The van der Waals surface area contributed by atoms with Crippen LogP contribution in [0.4, 0.5) is 0 Å². The number of fused-ring (bicyclic) bond motifs is 2. The van der Waals surface area contributed by atoms with Gasteiger partial charge in [-0.1, -0.05) is 85.1 Å². The van der Waals surface area contributed by atoms with Crippen LogP contribution in [0.15, 0.2) is 29.6 Å². The smallest absolute Gasteiger partial charge is 0.197 e. The van der Waals surface area contributed by atoms with E-state index in [0.29, 0.717) is 39.0 Å². The van der Waals surface area contributed by atoms with Crippen LogP contribution >= 0.6 is 45.3 Å². The molecule has 2 atom stereocenters. The van der Waals surface area contributed by atoms with Crippen LogP contribution in [0.2, 0.25) is 0 Å². The van der Waals surface area contributed by atoms with E-state index >= 15 is 0 Å². The van der Waals surface area contributed by atoms with Crippen molar-refractivity contribution in [1.82, 2.24) is 0 Å². The third-order valence-corrected chi connectivity index (χ3v) is 13.3. The predicted molar refractivity (Wildman–Crippen MR) is 182 cm³/mol. The minimum atomic E-state index is -0.000777. The molecular formula is C35H40O3S4. The molecule has 0 radical (unpaired) electrons. The molecule has 5 rings (SSSR count). The van der Waals surface area contributed by atoms with Gasteiger partial charge in [0.1, 0.15) is 0 Å². The molecule has 4 heterocycles. The Bertz CT molecular complexity index is 1550. The monoisotopic (exact) mass is 636 g/mol. The third-order valence-electron chi connectivity index (χ3n) is 8.62. The van der Waals surface area contributed by atoms with Crippen LogP contribution in [0.3, 0.4) is 0 Å². The van der Waals surface area contributed by atoms with Crippen LogP contribution in [0.1, 0.15) is 130 Å². The summed E-state index contributed by atoms with van der Waals surface area (Å²) in [5, 5.41) is 2.02. The van der Waals surface area contributed by atoms with Crippen molar-refractivity contribution in [1.29, 1.82) is 0 Å². The molecule has 0 amide bonds. The summed E-state index contributed by atoms with van der Waals surface area (Å²) in [6.45, 7) is 8.95. The molecule has 1 aliphatic rings. The zero-order valence-corrected chi connectivity index (χ0v) is 28.3. The van der Waals surface area contributed by atoms with Gasteiger partial charge in [0.25, 0.3) is 0 Å². The number of ketones is 2. The summed E-state index contributed by atoms with van der Waals surface area (Å²) in [7, 11) is 0. The molecule has 0 saturated heterocycles. The molecule has 2 unspecified atom stereocenters. The first-order valence-electron chi connectivity index (χ1n) is 15.4. The van der Waals surface area contributed by atoms with Crippen molar-refractivity contribution in [3.63, 3.8) is 0 Å². The molecule has 222 valence electrons. The summed E-state index contributed by atoms with van der Waals surface area (Å²) < 4.78 is 0. The topological polar surface area (TPSA) is 51.2 Å². The molecule has 0 bridgehead atoms. The average molecular weight is 637 g/mol. The summed E-state index contributed by atoms with van der Waals surface area (Å²) in [5.41, 5.74) is 2.48. The van der Waals surface area contributed by atoms with E-state index in [9.17, 15) is 14.4 Å². The predicted octanol–water partition coefficient (Wildman–Crippen LogP) is 11.4. The lowest BCUT2D eigenvalue weighted by Gasteiger charge is -2.19. The first-order valence-corrected chi connectivity index (χ1v) is 18.8. The Hall–Kier alpha value is -2.19. The molecule has 0 N–H and O–H groups in total. The van der Waals surface area contributed by atoms with Gasteiger partial charge in [-0.15, -0.1) is 45.3 Å². The SMILES string of the molecule is CCCCC(CC)Cc1sc(CC(CC)CCCC)c2c1C(=O)c1c(-c3cccs3)sc(-c3ccc(C=O)s3)c1C2=O. The Kier molecular flexibility index (Phi) is 10.5. The van der Waals surface area contributed by atoms with Crippen molar-refractivity contribution in [2.24, 2.45) is 11.8 Å². The van der Waals surface area contributed by atoms with Crippen molar-refractivity contribution in [2.75, 3.05) is 0 Å². The van der Waals surface area contributed by atoms with Gasteiger partial charge in [0.2, 0.25) is 0 Å². The van der Waals surface area contributed by atoms with Gasteiger partial charge in [-0.3, -0.25) is 14.4 Å². The summed E-state index contributed by atoms with van der Waals surface area (Å²) in [6, 6.07) is 7.76. The maximum absolute atomic E-state index is 14.8. The Labute approximate surface area is 266 Å². The lowest BCUT2D eigenvalue weighted by molar-refractivity contribution is 0.0980. The van der Waals surface area contributed by atoms with Crippen molar-refractivity contribution in [3.05, 3.63) is 66.5 Å². The highest BCUT2D eigenvalue weighted by Gasteiger charge is 2.41. The fraction of sp³-hybridized carbons (Fsp3) is 0.457. The standard InChI is InChI=1S/C35H40O3S4/c1-5-9-12-21(7-3)18-26-28-29(27(41-26)19-22(8-4)13-10-6-2)33(38)31-30(32(28)37)34(24-14-11-17-39-24)42-35(31)25-16-15-23(20-36)40-25/h11,14-17,20-22H,5-10,12-13,18-19H2,1-4H3. The van der Waals surface area contributed by atoms with Gasteiger partial charge in [-0.25, -0.2) is 0 Å². The van der Waals surface area contributed by atoms with Crippen molar-refractivity contribution in [3.8, 4) is 19.5 Å². The third kappa shape index (κ3) is 6.08. The van der Waals surface area contributed by atoms with Crippen LogP contribution in [0.25, 0.3) is 19.5 Å².